The fraction of sp³-hybridized carbons (Fsp3) is 0.750. The number of nitrogens with one attached hydrogen (secondary N) is 1. The molecule has 1 atom stereocenters. The predicted molar refractivity (Wildman–Crippen MR) is 85.4 cm³/mol. The van der Waals surface area contributed by atoms with E-state index in [1.165, 1.54) is 0 Å². The molecular formula is C16H28N4O. The zero-order valence-corrected chi connectivity index (χ0v) is 13.7. The lowest BCUT2D eigenvalue weighted by Crippen LogP contribution is -2.48. The SMILES string of the molecule is COC1(C)CCCN(c2ncc(CNCC(C)C)cn2)C1. The summed E-state index contributed by atoms with van der Waals surface area (Å²) in [5.41, 5.74) is 1.05. The number of ether oxygens (including phenoxy) is 1. The Hall–Kier alpha value is -1.20. The molecule has 1 N–H and O–H groups in total. The van der Waals surface area contributed by atoms with Crippen LogP contribution in [-0.4, -0.2) is 42.3 Å². The number of hydrogen-bond donors (Lipinski definition) is 1. The maximum atomic E-state index is 5.62. The van der Waals surface area contributed by atoms with E-state index in [0.29, 0.717) is 5.92 Å². The van der Waals surface area contributed by atoms with E-state index in [1.807, 2.05) is 12.4 Å². The second-order valence-corrected chi connectivity index (χ2v) is 6.60. The van der Waals surface area contributed by atoms with Crippen LogP contribution in [0.1, 0.15) is 39.2 Å². The summed E-state index contributed by atoms with van der Waals surface area (Å²) in [4.78, 5) is 11.3. The van der Waals surface area contributed by atoms with Crippen molar-refractivity contribution >= 4 is 5.95 Å². The summed E-state index contributed by atoms with van der Waals surface area (Å²) >= 11 is 0. The average Bonchev–Trinajstić information content (AvgIpc) is 2.48. The summed E-state index contributed by atoms with van der Waals surface area (Å²) < 4.78 is 5.62. The van der Waals surface area contributed by atoms with E-state index in [-0.39, 0.29) is 5.60 Å². The van der Waals surface area contributed by atoms with Crippen molar-refractivity contribution in [3.05, 3.63) is 18.0 Å². The van der Waals surface area contributed by atoms with Crippen molar-refractivity contribution in [1.82, 2.24) is 15.3 Å². The zero-order valence-electron chi connectivity index (χ0n) is 13.7. The molecule has 1 fully saturated rings. The van der Waals surface area contributed by atoms with E-state index in [0.717, 1.165) is 50.5 Å². The maximum absolute atomic E-state index is 5.62. The highest BCUT2D eigenvalue weighted by atomic mass is 16.5. The molecule has 1 aromatic heterocycles. The topological polar surface area (TPSA) is 50.3 Å². The summed E-state index contributed by atoms with van der Waals surface area (Å²) in [5.74, 6) is 1.47. The second kappa shape index (κ2) is 7.18. The molecule has 0 radical (unpaired) electrons. The minimum atomic E-state index is -0.0842. The van der Waals surface area contributed by atoms with Crippen LogP contribution in [0.5, 0.6) is 0 Å². The Morgan fingerprint density at radius 2 is 2.10 bits per heavy atom. The van der Waals surface area contributed by atoms with Crippen LogP contribution in [0.2, 0.25) is 0 Å². The average molecular weight is 292 g/mol. The van der Waals surface area contributed by atoms with Crippen molar-refractivity contribution in [3.8, 4) is 0 Å². The summed E-state index contributed by atoms with van der Waals surface area (Å²) in [7, 11) is 1.79. The van der Waals surface area contributed by atoms with Gasteiger partial charge in [0.05, 0.1) is 5.60 Å². The molecule has 2 rings (SSSR count). The molecule has 5 nitrogen and oxygen atoms in total. The maximum Gasteiger partial charge on any atom is 0.225 e. The first-order valence-electron chi connectivity index (χ1n) is 7.84. The van der Waals surface area contributed by atoms with Gasteiger partial charge in [-0.25, -0.2) is 9.97 Å². The molecule has 21 heavy (non-hydrogen) atoms. The number of hydrogen-bond acceptors (Lipinski definition) is 5. The summed E-state index contributed by atoms with van der Waals surface area (Å²) in [5, 5.41) is 3.41. The van der Waals surface area contributed by atoms with Gasteiger partial charge in [0.1, 0.15) is 0 Å². The molecular weight excluding hydrogens is 264 g/mol. The zero-order chi connectivity index (χ0) is 15.3. The van der Waals surface area contributed by atoms with Gasteiger partial charge in [0.15, 0.2) is 0 Å². The van der Waals surface area contributed by atoms with Gasteiger partial charge in [-0.3, -0.25) is 0 Å². The normalized spacial score (nSPS) is 22.8. The summed E-state index contributed by atoms with van der Waals surface area (Å²) in [6.45, 7) is 10.3. The van der Waals surface area contributed by atoms with Gasteiger partial charge in [0.25, 0.3) is 0 Å². The van der Waals surface area contributed by atoms with Crippen LogP contribution in [0, 0.1) is 5.92 Å². The van der Waals surface area contributed by atoms with Crippen molar-refractivity contribution in [3.63, 3.8) is 0 Å². The van der Waals surface area contributed by atoms with E-state index in [1.54, 1.807) is 7.11 Å². The smallest absolute Gasteiger partial charge is 0.225 e. The van der Waals surface area contributed by atoms with Gasteiger partial charge in [-0.15, -0.1) is 0 Å². The van der Waals surface area contributed by atoms with Gasteiger partial charge >= 0.3 is 0 Å². The van der Waals surface area contributed by atoms with Gasteiger partial charge in [0, 0.05) is 44.7 Å². The van der Waals surface area contributed by atoms with Crippen LogP contribution in [0.25, 0.3) is 0 Å². The largest absolute Gasteiger partial charge is 0.377 e. The highest BCUT2D eigenvalue weighted by molar-refractivity contribution is 5.31. The lowest BCUT2D eigenvalue weighted by molar-refractivity contribution is -0.00498. The van der Waals surface area contributed by atoms with Crippen LogP contribution in [0.3, 0.4) is 0 Å². The summed E-state index contributed by atoms with van der Waals surface area (Å²) in [6, 6.07) is 0. The lowest BCUT2D eigenvalue weighted by atomic mass is 9.95. The number of piperidine rings is 1. The molecule has 1 unspecified atom stereocenters. The van der Waals surface area contributed by atoms with E-state index in [2.05, 4.69) is 41.0 Å². The van der Waals surface area contributed by atoms with Crippen LogP contribution in [-0.2, 0) is 11.3 Å². The van der Waals surface area contributed by atoms with Crippen LogP contribution in [0.15, 0.2) is 12.4 Å². The highest BCUT2D eigenvalue weighted by Crippen LogP contribution is 2.25. The number of aromatic nitrogens is 2. The van der Waals surface area contributed by atoms with Crippen molar-refractivity contribution in [1.29, 1.82) is 0 Å². The lowest BCUT2D eigenvalue weighted by Gasteiger charge is -2.39. The Kier molecular flexibility index (Phi) is 5.53. The molecule has 118 valence electrons. The van der Waals surface area contributed by atoms with E-state index in [4.69, 9.17) is 4.74 Å². The third-order valence-electron chi connectivity index (χ3n) is 4.01. The molecule has 5 heteroatoms. The molecule has 0 saturated carbocycles. The number of rotatable bonds is 6. The molecule has 0 amide bonds. The Bertz CT molecular complexity index is 434. The van der Waals surface area contributed by atoms with Crippen LogP contribution < -0.4 is 10.2 Å². The third kappa shape index (κ3) is 4.64. The van der Waals surface area contributed by atoms with Crippen LogP contribution in [0.4, 0.5) is 5.95 Å². The highest BCUT2D eigenvalue weighted by Gasteiger charge is 2.31. The Morgan fingerprint density at radius 1 is 1.38 bits per heavy atom. The summed E-state index contributed by atoms with van der Waals surface area (Å²) in [6.07, 6.45) is 6.06. The van der Waals surface area contributed by atoms with Crippen molar-refractivity contribution in [2.24, 2.45) is 5.92 Å². The minimum absolute atomic E-state index is 0.0842. The minimum Gasteiger partial charge on any atom is -0.377 e. The van der Waals surface area contributed by atoms with E-state index in [9.17, 15) is 0 Å². The van der Waals surface area contributed by atoms with Gasteiger partial charge in [0.2, 0.25) is 5.95 Å². The van der Waals surface area contributed by atoms with Crippen molar-refractivity contribution in [2.45, 2.75) is 45.8 Å². The number of nitrogens with zero attached hydrogens (tertiary/aromatic N) is 3. The fourth-order valence-electron chi connectivity index (χ4n) is 2.65. The Balaban J connectivity index is 1.92. The molecule has 1 saturated heterocycles. The number of methoxy groups -OCH3 is 1. The molecule has 1 aromatic rings. The van der Waals surface area contributed by atoms with E-state index >= 15 is 0 Å². The van der Waals surface area contributed by atoms with Gasteiger partial charge in [-0.1, -0.05) is 13.8 Å². The van der Waals surface area contributed by atoms with Crippen molar-refractivity contribution in [2.75, 3.05) is 31.6 Å². The Morgan fingerprint density at radius 3 is 2.71 bits per heavy atom. The molecule has 0 aliphatic carbocycles. The fourth-order valence-corrected chi connectivity index (χ4v) is 2.65. The number of anilines is 1. The van der Waals surface area contributed by atoms with Gasteiger partial charge in [-0.05, 0) is 32.2 Å². The standard InChI is InChI=1S/C16H28N4O/c1-13(2)8-17-9-14-10-18-15(19-11-14)20-7-5-6-16(3,12-20)21-4/h10-11,13,17H,5-9,12H2,1-4H3. The Labute approximate surface area is 128 Å². The predicted octanol–water partition coefficient (Wildman–Crippen LogP) is 2.23. The van der Waals surface area contributed by atoms with Crippen LogP contribution >= 0.6 is 0 Å². The third-order valence-corrected chi connectivity index (χ3v) is 4.01. The van der Waals surface area contributed by atoms with Gasteiger partial charge in [-0.2, -0.15) is 0 Å². The molecule has 1 aliphatic heterocycles. The first-order valence-corrected chi connectivity index (χ1v) is 7.84. The first-order chi connectivity index (χ1) is 10.0. The quantitative estimate of drug-likeness (QED) is 0.871. The molecule has 2 heterocycles. The van der Waals surface area contributed by atoms with E-state index < -0.39 is 0 Å². The van der Waals surface area contributed by atoms with Gasteiger partial charge < -0.3 is 15.0 Å². The molecule has 0 spiro atoms. The molecule has 0 aromatic carbocycles. The first kappa shape index (κ1) is 16.2. The molecule has 0 bridgehead atoms. The monoisotopic (exact) mass is 292 g/mol. The van der Waals surface area contributed by atoms with Crippen molar-refractivity contribution < 1.29 is 4.74 Å². The second-order valence-electron chi connectivity index (χ2n) is 6.60. The molecule has 1 aliphatic rings.